The van der Waals surface area contributed by atoms with E-state index in [4.69, 9.17) is 0 Å². The van der Waals surface area contributed by atoms with Crippen LogP contribution in [0.15, 0.2) is 82.6 Å². The zero-order chi connectivity index (χ0) is 29.0. The number of rotatable bonds is 6. The molecular formula is C28H20N2Na2O8S2. The molecule has 1 aliphatic carbocycles. The Morgan fingerprint density at radius 2 is 0.929 bits per heavy atom. The fourth-order valence-electron chi connectivity index (χ4n) is 4.64. The molecule has 5 rings (SSSR count). The monoisotopic (exact) mass is 622 g/mol. The molecule has 0 spiro atoms. The second-order valence-electron chi connectivity index (χ2n) is 9.23. The van der Waals surface area contributed by atoms with Crippen molar-refractivity contribution in [3.8, 4) is 0 Å². The number of fused-ring (bicyclic) bond motifs is 2. The predicted octanol–water partition coefficient (Wildman–Crippen LogP) is -1.62. The van der Waals surface area contributed by atoms with Gasteiger partial charge in [-0.15, -0.1) is 0 Å². The second kappa shape index (κ2) is 12.7. The van der Waals surface area contributed by atoms with Crippen molar-refractivity contribution in [2.45, 2.75) is 23.6 Å². The van der Waals surface area contributed by atoms with E-state index in [1.54, 1.807) is 12.1 Å². The summed E-state index contributed by atoms with van der Waals surface area (Å²) in [5.41, 5.74) is 1.58. The van der Waals surface area contributed by atoms with Gasteiger partial charge in [-0.3, -0.25) is 9.59 Å². The third-order valence-electron chi connectivity index (χ3n) is 6.55. The summed E-state index contributed by atoms with van der Waals surface area (Å²) in [5, 5.41) is 5.91. The maximum Gasteiger partial charge on any atom is 1.00 e. The molecule has 4 aromatic rings. The van der Waals surface area contributed by atoms with Crippen molar-refractivity contribution in [3.05, 3.63) is 106 Å². The number of carbonyl (C=O) groups excluding carboxylic acids is 2. The summed E-state index contributed by atoms with van der Waals surface area (Å²) in [6.45, 7) is 2.95. The third kappa shape index (κ3) is 6.58. The van der Waals surface area contributed by atoms with Crippen LogP contribution in [0.5, 0.6) is 0 Å². The summed E-state index contributed by atoms with van der Waals surface area (Å²) in [5.74, 6) is -0.960. The first kappa shape index (κ1) is 34.1. The smallest absolute Gasteiger partial charge is 0.744 e. The van der Waals surface area contributed by atoms with Crippen LogP contribution in [0, 0.1) is 13.8 Å². The molecule has 0 radical (unpaired) electrons. The zero-order valence-corrected chi connectivity index (χ0v) is 28.6. The van der Waals surface area contributed by atoms with E-state index in [1.165, 1.54) is 62.4 Å². The van der Waals surface area contributed by atoms with E-state index >= 15 is 0 Å². The summed E-state index contributed by atoms with van der Waals surface area (Å²) < 4.78 is 70.2. The predicted molar refractivity (Wildman–Crippen MR) is 145 cm³/mol. The summed E-state index contributed by atoms with van der Waals surface area (Å²) in [6, 6.07) is 17.5. The molecule has 10 nitrogen and oxygen atoms in total. The van der Waals surface area contributed by atoms with Gasteiger partial charge in [-0.2, -0.15) is 0 Å². The number of hydrogen-bond acceptors (Lipinski definition) is 10. The maximum atomic E-state index is 13.7. The minimum absolute atomic E-state index is 0. The van der Waals surface area contributed by atoms with Crippen LogP contribution in [-0.4, -0.2) is 37.5 Å². The van der Waals surface area contributed by atoms with E-state index in [0.717, 1.165) is 12.1 Å². The molecule has 204 valence electrons. The van der Waals surface area contributed by atoms with E-state index in [-0.39, 0.29) is 115 Å². The molecule has 0 fully saturated rings. The Morgan fingerprint density at radius 1 is 0.571 bits per heavy atom. The quantitative estimate of drug-likeness (QED) is 0.166. The van der Waals surface area contributed by atoms with Gasteiger partial charge in [-0.25, -0.2) is 16.8 Å². The molecule has 0 heterocycles. The number of benzene rings is 4. The van der Waals surface area contributed by atoms with E-state index in [2.05, 4.69) is 10.6 Å². The van der Waals surface area contributed by atoms with Crippen molar-refractivity contribution in [2.75, 3.05) is 10.6 Å². The molecule has 42 heavy (non-hydrogen) atoms. The van der Waals surface area contributed by atoms with Crippen LogP contribution in [-0.2, 0) is 20.2 Å². The Hall–Kier alpha value is -2.36. The van der Waals surface area contributed by atoms with Gasteiger partial charge in [-0.1, -0.05) is 36.4 Å². The van der Waals surface area contributed by atoms with Gasteiger partial charge in [0.25, 0.3) is 0 Å². The number of aryl methyl sites for hydroxylation is 2. The van der Waals surface area contributed by atoms with Crippen molar-refractivity contribution in [3.63, 3.8) is 0 Å². The minimum atomic E-state index is -4.77. The number of nitrogens with one attached hydrogen (secondary N) is 2. The average Bonchev–Trinajstić information content (AvgIpc) is 2.88. The van der Waals surface area contributed by atoms with E-state index < -0.39 is 41.6 Å². The van der Waals surface area contributed by atoms with Gasteiger partial charge in [0.15, 0.2) is 11.6 Å². The Balaban J connectivity index is 0.00000242. The fourth-order valence-corrected chi connectivity index (χ4v) is 6.10. The van der Waals surface area contributed by atoms with Crippen molar-refractivity contribution >= 4 is 54.6 Å². The maximum absolute atomic E-state index is 13.7. The first-order valence-corrected chi connectivity index (χ1v) is 14.6. The van der Waals surface area contributed by atoms with Crippen LogP contribution in [0.4, 0.5) is 22.7 Å². The van der Waals surface area contributed by atoms with Gasteiger partial charge < -0.3 is 19.7 Å². The Labute approximate surface area is 287 Å². The number of carbonyl (C=O) groups is 2. The molecule has 0 unspecified atom stereocenters. The van der Waals surface area contributed by atoms with E-state index in [1.807, 2.05) is 0 Å². The Kier molecular flexibility index (Phi) is 10.3. The van der Waals surface area contributed by atoms with Crippen molar-refractivity contribution < 1.29 is 94.6 Å². The molecule has 0 atom stereocenters. The summed E-state index contributed by atoms with van der Waals surface area (Å²) in [7, 11) is -9.54. The molecular weight excluding hydrogens is 602 g/mol. The van der Waals surface area contributed by atoms with Gasteiger partial charge >= 0.3 is 59.1 Å². The van der Waals surface area contributed by atoms with Crippen molar-refractivity contribution in [1.82, 2.24) is 0 Å². The molecule has 0 saturated carbocycles. The normalized spacial score (nSPS) is 12.4. The number of anilines is 4. The van der Waals surface area contributed by atoms with Crippen LogP contribution < -0.4 is 69.7 Å². The Bertz CT molecular complexity index is 1840. The fraction of sp³-hybridized carbons (Fsp3) is 0.0714. The Morgan fingerprint density at radius 3 is 1.26 bits per heavy atom. The number of hydrogen-bond donors (Lipinski definition) is 2. The van der Waals surface area contributed by atoms with Crippen LogP contribution in [0.1, 0.15) is 43.0 Å². The molecule has 0 bridgehead atoms. The molecule has 0 saturated heterocycles. The second-order valence-corrected chi connectivity index (χ2v) is 11.9. The van der Waals surface area contributed by atoms with Gasteiger partial charge in [0.1, 0.15) is 20.2 Å². The standard InChI is InChI=1S/C28H22N2O8S2.2Na/c1-15-7-9-17(13-23(15)39(33,34)35)29-21-11-12-22(30-18-10-8-16(2)24(14-18)40(36,37)38)26-25(21)27(31)19-5-3-4-6-20(19)28(26)32;;/h3-14,29-30H,1-2H3,(H,33,34,35)(H,36,37,38);;/q;2*+1/p-2. The summed E-state index contributed by atoms with van der Waals surface area (Å²) in [6.07, 6.45) is 0. The summed E-state index contributed by atoms with van der Waals surface area (Å²) in [4.78, 5) is 26.5. The van der Waals surface area contributed by atoms with Gasteiger partial charge in [-0.05, 0) is 61.4 Å². The van der Waals surface area contributed by atoms with Crippen LogP contribution in [0.25, 0.3) is 0 Å². The SMILES string of the molecule is Cc1ccc(Nc2ccc(Nc3ccc(C)c(S(=O)(=O)[O-])c3)c3c2C(=O)c2ccccc2C3=O)cc1S(=O)(=O)[O-].[Na+].[Na+]. The minimum Gasteiger partial charge on any atom is -0.744 e. The van der Waals surface area contributed by atoms with E-state index in [0.29, 0.717) is 0 Å². The zero-order valence-electron chi connectivity index (χ0n) is 23.0. The topological polar surface area (TPSA) is 173 Å². The largest absolute Gasteiger partial charge is 1.00 e. The first-order chi connectivity index (χ1) is 18.8. The first-order valence-electron chi connectivity index (χ1n) is 11.8. The molecule has 0 amide bonds. The third-order valence-corrected chi connectivity index (χ3v) is 8.51. The molecule has 14 heteroatoms. The van der Waals surface area contributed by atoms with Gasteiger partial charge in [0.2, 0.25) is 0 Å². The van der Waals surface area contributed by atoms with Crippen LogP contribution >= 0.6 is 0 Å². The van der Waals surface area contributed by atoms with Crippen LogP contribution in [0.2, 0.25) is 0 Å². The van der Waals surface area contributed by atoms with Gasteiger partial charge in [0, 0.05) is 22.5 Å². The van der Waals surface area contributed by atoms with Crippen LogP contribution in [0.3, 0.4) is 0 Å². The molecule has 2 N–H and O–H groups in total. The molecule has 4 aromatic carbocycles. The summed E-state index contributed by atoms with van der Waals surface area (Å²) >= 11 is 0. The molecule has 1 aliphatic rings. The van der Waals surface area contributed by atoms with E-state index in [9.17, 15) is 35.5 Å². The van der Waals surface area contributed by atoms with Crippen molar-refractivity contribution in [2.24, 2.45) is 0 Å². The van der Waals surface area contributed by atoms with Gasteiger partial charge in [0.05, 0.1) is 32.3 Å². The number of ketones is 2. The average molecular weight is 623 g/mol. The molecule has 0 aliphatic heterocycles. The molecule has 0 aromatic heterocycles. The van der Waals surface area contributed by atoms with Crippen molar-refractivity contribution in [1.29, 1.82) is 0 Å².